The molecule has 4 heterocycles. The molecular weight excluding hydrogens is 627 g/mol. The number of pyridine rings is 2. The molecule has 1 N–H and O–H groups in total. The molecule has 11 nitrogen and oxygen atoms in total. The first-order valence-corrected chi connectivity index (χ1v) is 17.6. The third kappa shape index (κ3) is 6.06. The van der Waals surface area contributed by atoms with Crippen LogP contribution in [-0.4, -0.2) is 56.2 Å². The van der Waals surface area contributed by atoms with E-state index in [1.165, 1.54) is 4.31 Å². The van der Waals surface area contributed by atoms with Crippen LogP contribution in [0.2, 0.25) is 0 Å². The summed E-state index contributed by atoms with van der Waals surface area (Å²) in [5.74, 6) is -0.479. The number of sulfonamides is 1. The molecule has 0 radical (unpaired) electrons. The van der Waals surface area contributed by atoms with Crippen LogP contribution in [-0.2, 0) is 27.9 Å². The highest BCUT2D eigenvalue weighted by Crippen LogP contribution is 2.45. The van der Waals surface area contributed by atoms with Crippen LogP contribution in [0, 0.1) is 19.3 Å². The molecule has 12 heteroatoms. The molecule has 0 spiro atoms. The number of fused-ring (bicyclic) bond motifs is 2. The van der Waals surface area contributed by atoms with Crippen LogP contribution < -0.4 is 10.1 Å². The van der Waals surface area contributed by atoms with Gasteiger partial charge in [0.15, 0.2) is 0 Å². The van der Waals surface area contributed by atoms with Crippen LogP contribution in [0.15, 0.2) is 78.1 Å². The molecule has 0 saturated heterocycles. The van der Waals surface area contributed by atoms with E-state index in [9.17, 15) is 13.2 Å². The number of carbonyl (C=O) groups is 1. The largest absolute Gasteiger partial charge is 0.472 e. The van der Waals surface area contributed by atoms with E-state index >= 15 is 0 Å². The van der Waals surface area contributed by atoms with Crippen molar-refractivity contribution >= 4 is 32.7 Å². The minimum Gasteiger partial charge on any atom is -0.472 e. The number of hydrogen-bond acceptors (Lipinski definition) is 8. The Morgan fingerprint density at radius 3 is 2.60 bits per heavy atom. The van der Waals surface area contributed by atoms with Crippen molar-refractivity contribution < 1.29 is 17.9 Å². The van der Waals surface area contributed by atoms with E-state index in [0.29, 0.717) is 18.7 Å². The lowest BCUT2D eigenvalue weighted by molar-refractivity contribution is -0.124. The summed E-state index contributed by atoms with van der Waals surface area (Å²) < 4.78 is 37.4. The molecule has 0 saturated carbocycles. The number of anilines is 1. The van der Waals surface area contributed by atoms with E-state index in [4.69, 9.17) is 4.74 Å². The standard InChI is InChI=1S/C36H41N7O4S/c1-7-28-22-42(48(45,46)31-12-10-18-38-34(31)47-28)21-26-19-25(14-13-23(26)3)32(36(5,6)35(44)39-27-11-9-17-37-20-27)29-15-16-30-33(24(29)4)40-41-43(30)8-2/h9-20,28,32H,7-8,21-22H2,1-6H3,(H,39,44)/t28-,32-/m1/s1. The molecule has 48 heavy (non-hydrogen) atoms. The van der Waals surface area contributed by atoms with Gasteiger partial charge in [-0.2, -0.15) is 4.31 Å². The fourth-order valence-corrected chi connectivity index (χ4v) is 8.01. The maximum absolute atomic E-state index is 14.1. The molecule has 250 valence electrons. The van der Waals surface area contributed by atoms with Crippen molar-refractivity contribution in [3.8, 4) is 5.88 Å². The lowest BCUT2D eigenvalue weighted by atomic mass is 9.69. The molecule has 0 aliphatic carbocycles. The van der Waals surface area contributed by atoms with Crippen molar-refractivity contribution in [3.05, 3.63) is 101 Å². The van der Waals surface area contributed by atoms with E-state index in [1.807, 2.05) is 76.6 Å². The highest BCUT2D eigenvalue weighted by atomic mass is 32.2. The second kappa shape index (κ2) is 13.1. The summed E-state index contributed by atoms with van der Waals surface area (Å²) in [6.07, 6.45) is 5.09. The number of hydrogen-bond donors (Lipinski definition) is 1. The van der Waals surface area contributed by atoms with Gasteiger partial charge in [0.1, 0.15) is 16.5 Å². The predicted octanol–water partition coefficient (Wildman–Crippen LogP) is 6.02. The van der Waals surface area contributed by atoms with Gasteiger partial charge in [-0.05, 0) is 85.3 Å². The van der Waals surface area contributed by atoms with Crippen LogP contribution in [0.5, 0.6) is 5.88 Å². The minimum atomic E-state index is -3.91. The summed E-state index contributed by atoms with van der Waals surface area (Å²) in [4.78, 5) is 22.6. The number of amides is 1. The quantitative estimate of drug-likeness (QED) is 0.202. The van der Waals surface area contributed by atoms with Gasteiger partial charge >= 0.3 is 0 Å². The lowest BCUT2D eigenvalue weighted by Crippen LogP contribution is -2.38. The summed E-state index contributed by atoms with van der Waals surface area (Å²) in [5.41, 5.74) is 5.86. The van der Waals surface area contributed by atoms with Crippen molar-refractivity contribution in [2.45, 2.75) is 78.0 Å². The molecule has 5 aromatic rings. The van der Waals surface area contributed by atoms with Gasteiger partial charge in [-0.3, -0.25) is 9.78 Å². The topological polar surface area (TPSA) is 132 Å². The second-order valence-electron chi connectivity index (χ2n) is 12.8. The third-order valence-electron chi connectivity index (χ3n) is 9.37. The van der Waals surface area contributed by atoms with Crippen LogP contribution >= 0.6 is 0 Å². The normalized spacial score (nSPS) is 16.9. The van der Waals surface area contributed by atoms with Crippen LogP contribution in [0.1, 0.15) is 67.9 Å². The summed E-state index contributed by atoms with van der Waals surface area (Å²) in [7, 11) is -3.91. The Morgan fingerprint density at radius 1 is 1.08 bits per heavy atom. The summed E-state index contributed by atoms with van der Waals surface area (Å²) in [5, 5.41) is 11.9. The van der Waals surface area contributed by atoms with Gasteiger partial charge < -0.3 is 10.1 Å². The fraction of sp³-hybridized carbons (Fsp3) is 0.361. The number of aryl methyl sites for hydroxylation is 3. The number of nitrogens with zero attached hydrogens (tertiary/aromatic N) is 6. The van der Waals surface area contributed by atoms with Crippen molar-refractivity contribution in [1.29, 1.82) is 0 Å². The van der Waals surface area contributed by atoms with Gasteiger partial charge in [0, 0.05) is 31.4 Å². The van der Waals surface area contributed by atoms with Gasteiger partial charge in [0.05, 0.1) is 29.4 Å². The van der Waals surface area contributed by atoms with Crippen LogP contribution in [0.4, 0.5) is 5.69 Å². The Labute approximate surface area is 281 Å². The first-order chi connectivity index (χ1) is 22.9. The zero-order valence-electron chi connectivity index (χ0n) is 28.1. The Hall–Kier alpha value is -4.68. The summed E-state index contributed by atoms with van der Waals surface area (Å²) in [6.45, 7) is 12.8. The minimum absolute atomic E-state index is 0.0601. The molecule has 0 unspecified atom stereocenters. The highest BCUT2D eigenvalue weighted by molar-refractivity contribution is 7.89. The van der Waals surface area contributed by atoms with E-state index in [1.54, 1.807) is 36.8 Å². The SMILES string of the molecule is CC[C@@H]1CN(Cc2cc([C@H](c3ccc4c(nnn4CC)c3C)C(C)(C)C(=O)Nc3cccnc3)ccc2C)S(=O)(=O)c2cccnc2O1. The van der Waals surface area contributed by atoms with Crippen LogP contribution in [0.3, 0.4) is 0 Å². The number of rotatable bonds is 9. The number of aromatic nitrogens is 5. The number of carbonyl (C=O) groups excluding carboxylic acids is 1. The molecule has 6 rings (SSSR count). The Morgan fingerprint density at radius 2 is 1.88 bits per heavy atom. The van der Waals surface area contributed by atoms with Crippen molar-refractivity contribution in [2.24, 2.45) is 5.41 Å². The van der Waals surface area contributed by atoms with Gasteiger partial charge in [0.2, 0.25) is 21.8 Å². The first kappa shape index (κ1) is 33.2. The number of nitrogens with one attached hydrogen (secondary N) is 1. The Bertz CT molecular complexity index is 2080. The van der Waals surface area contributed by atoms with Gasteiger partial charge in [-0.1, -0.05) is 50.3 Å². The first-order valence-electron chi connectivity index (χ1n) is 16.2. The molecule has 1 aliphatic heterocycles. The zero-order valence-corrected chi connectivity index (χ0v) is 29.0. The lowest BCUT2D eigenvalue weighted by Gasteiger charge is -2.35. The number of benzene rings is 2. The molecule has 2 aromatic carbocycles. The second-order valence-corrected chi connectivity index (χ2v) is 14.7. The average molecular weight is 668 g/mol. The highest BCUT2D eigenvalue weighted by Gasteiger charge is 2.41. The predicted molar refractivity (Wildman–Crippen MR) is 184 cm³/mol. The summed E-state index contributed by atoms with van der Waals surface area (Å²) >= 11 is 0. The molecule has 1 aliphatic rings. The van der Waals surface area contributed by atoms with Gasteiger partial charge in [-0.25, -0.2) is 18.1 Å². The molecular formula is C36H41N7O4S. The third-order valence-corrected chi connectivity index (χ3v) is 11.2. The van der Waals surface area contributed by atoms with E-state index in [0.717, 1.165) is 38.9 Å². The zero-order chi connectivity index (χ0) is 34.2. The smallest absolute Gasteiger partial charge is 0.248 e. The van der Waals surface area contributed by atoms with Gasteiger partial charge in [0.25, 0.3) is 0 Å². The molecule has 3 aromatic heterocycles. The number of ether oxygens (including phenoxy) is 1. The van der Waals surface area contributed by atoms with Gasteiger partial charge in [-0.15, -0.1) is 5.10 Å². The molecule has 0 fully saturated rings. The molecule has 2 atom stereocenters. The molecule has 1 amide bonds. The van der Waals surface area contributed by atoms with E-state index in [2.05, 4.69) is 31.7 Å². The van der Waals surface area contributed by atoms with Crippen molar-refractivity contribution in [3.63, 3.8) is 0 Å². The van der Waals surface area contributed by atoms with E-state index in [-0.39, 0.29) is 35.9 Å². The Kier molecular flexibility index (Phi) is 9.06. The average Bonchev–Trinajstić information content (AvgIpc) is 3.46. The fourth-order valence-electron chi connectivity index (χ4n) is 6.49. The maximum Gasteiger partial charge on any atom is 0.248 e. The van der Waals surface area contributed by atoms with Crippen molar-refractivity contribution in [2.75, 3.05) is 11.9 Å². The molecule has 0 bridgehead atoms. The maximum atomic E-state index is 14.1. The Balaban J connectivity index is 1.46. The summed E-state index contributed by atoms with van der Waals surface area (Å²) in [6, 6.07) is 16.9. The monoisotopic (exact) mass is 667 g/mol. The van der Waals surface area contributed by atoms with Crippen molar-refractivity contribution in [1.82, 2.24) is 29.3 Å². The van der Waals surface area contributed by atoms with Crippen LogP contribution in [0.25, 0.3) is 11.0 Å². The van der Waals surface area contributed by atoms with E-state index < -0.39 is 21.4 Å².